The predicted molar refractivity (Wildman–Crippen MR) is 117 cm³/mol. The van der Waals surface area contributed by atoms with Gasteiger partial charge in [0.2, 0.25) is 5.89 Å². The van der Waals surface area contributed by atoms with Gasteiger partial charge in [-0.1, -0.05) is 11.6 Å². The van der Waals surface area contributed by atoms with Gasteiger partial charge in [-0.05, 0) is 51.1 Å². The summed E-state index contributed by atoms with van der Waals surface area (Å²) in [6.07, 6.45) is -0.0912. The molecule has 0 fully saturated rings. The van der Waals surface area contributed by atoms with E-state index in [1.54, 1.807) is 31.2 Å². The molecule has 3 atom stereocenters. The summed E-state index contributed by atoms with van der Waals surface area (Å²) in [5, 5.41) is 7.82. The monoisotopic (exact) mass is 470 g/mol. The zero-order valence-corrected chi connectivity index (χ0v) is 18.9. The van der Waals surface area contributed by atoms with E-state index in [-0.39, 0.29) is 23.4 Å². The molecular weight excluding hydrogens is 451 g/mol. The second kappa shape index (κ2) is 7.06. The Bertz CT molecular complexity index is 1160. The van der Waals surface area contributed by atoms with Crippen molar-refractivity contribution in [1.29, 1.82) is 0 Å². The molecule has 4 rings (SSSR count). The lowest BCUT2D eigenvalue weighted by Crippen LogP contribution is -2.59. The van der Waals surface area contributed by atoms with E-state index in [1.165, 1.54) is 19.9 Å². The van der Waals surface area contributed by atoms with Crippen molar-refractivity contribution in [2.24, 2.45) is 10.7 Å². The van der Waals surface area contributed by atoms with Crippen LogP contribution < -0.4 is 5.73 Å². The number of alkyl halides is 1. The van der Waals surface area contributed by atoms with E-state index in [9.17, 15) is 12.8 Å². The van der Waals surface area contributed by atoms with Gasteiger partial charge in [-0.2, -0.15) is 0 Å². The van der Waals surface area contributed by atoms with Crippen LogP contribution in [0.2, 0.25) is 5.02 Å². The molecule has 11 heteroatoms. The summed E-state index contributed by atoms with van der Waals surface area (Å²) in [4.78, 5) is 4.87. The Balaban J connectivity index is 1.60. The number of rotatable bonds is 3. The molecule has 0 saturated heterocycles. The highest BCUT2D eigenvalue weighted by Crippen LogP contribution is 2.48. The van der Waals surface area contributed by atoms with Gasteiger partial charge < -0.3 is 10.2 Å². The third-order valence-corrected chi connectivity index (χ3v) is 10.0. The Labute approximate surface area is 182 Å². The Morgan fingerprint density at radius 2 is 1.83 bits per heavy atom. The summed E-state index contributed by atoms with van der Waals surface area (Å²) in [7, 11) is -3.62. The van der Waals surface area contributed by atoms with Crippen molar-refractivity contribution in [1.82, 2.24) is 10.2 Å². The molecule has 0 radical (unpaired) electrons. The number of thioether (sulfide) groups is 1. The number of sulfone groups is 1. The van der Waals surface area contributed by atoms with E-state index in [2.05, 4.69) is 15.2 Å². The summed E-state index contributed by atoms with van der Waals surface area (Å²) >= 11 is 7.02. The van der Waals surface area contributed by atoms with E-state index in [1.807, 2.05) is 0 Å². The van der Waals surface area contributed by atoms with E-state index in [4.69, 9.17) is 21.8 Å². The first-order valence-corrected chi connectivity index (χ1v) is 12.0. The number of aliphatic imine (C=N–C) groups is 1. The molecule has 7 nitrogen and oxygen atoms in total. The van der Waals surface area contributed by atoms with Crippen LogP contribution in [0.3, 0.4) is 0 Å². The number of benzene rings is 1. The minimum Gasteiger partial charge on any atom is -0.416 e. The summed E-state index contributed by atoms with van der Waals surface area (Å²) in [6.45, 7) is 4.63. The highest BCUT2D eigenvalue weighted by molar-refractivity contribution is 8.09. The van der Waals surface area contributed by atoms with Gasteiger partial charge in [0.15, 0.2) is 9.84 Å². The van der Waals surface area contributed by atoms with Crippen LogP contribution in [0, 0.1) is 0 Å². The molecule has 0 spiro atoms. The lowest BCUT2D eigenvalue weighted by atomic mass is 9.96. The van der Waals surface area contributed by atoms with Crippen LogP contribution in [0.15, 0.2) is 39.8 Å². The van der Waals surface area contributed by atoms with Crippen molar-refractivity contribution >= 4 is 43.9 Å². The Kier molecular flexibility index (Phi) is 5.02. The zero-order valence-electron chi connectivity index (χ0n) is 16.5. The van der Waals surface area contributed by atoms with Crippen molar-refractivity contribution in [2.75, 3.05) is 5.75 Å². The zero-order chi connectivity index (χ0) is 21.9. The Hall–Kier alpha value is -1.91. The molecule has 2 unspecified atom stereocenters. The minimum atomic E-state index is -3.62. The molecule has 1 aromatic heterocycles. The Morgan fingerprint density at radius 3 is 2.47 bits per heavy atom. The van der Waals surface area contributed by atoms with Crippen LogP contribution in [-0.2, 0) is 9.84 Å². The standard InChI is InChI=1S/C19H20ClFN4O3S2/c1-18(2)17(22)23-19(3,9-30(18,26)27)14-12(21)8-13(29-14)16-25-24-15(28-16)10-4-6-11(20)7-5-10/h4-8,12,14H,9H2,1-3H3,(H2,22,23)/t12?,14?,19-/m0/s1. The molecule has 0 saturated carbocycles. The molecule has 160 valence electrons. The maximum atomic E-state index is 15.0. The van der Waals surface area contributed by atoms with Crippen LogP contribution in [0.1, 0.15) is 26.7 Å². The number of nitrogens with zero attached hydrogens (tertiary/aromatic N) is 3. The fourth-order valence-corrected chi connectivity index (χ4v) is 6.64. The maximum Gasteiger partial charge on any atom is 0.254 e. The van der Waals surface area contributed by atoms with Gasteiger partial charge in [-0.3, -0.25) is 4.99 Å². The van der Waals surface area contributed by atoms with Crippen LogP contribution in [0.25, 0.3) is 16.4 Å². The lowest BCUT2D eigenvalue weighted by Gasteiger charge is -2.40. The highest BCUT2D eigenvalue weighted by atomic mass is 35.5. The third-order valence-electron chi connectivity index (χ3n) is 5.45. The van der Waals surface area contributed by atoms with Crippen LogP contribution in [0.5, 0.6) is 0 Å². The van der Waals surface area contributed by atoms with E-state index < -0.39 is 31.5 Å². The topological polar surface area (TPSA) is 111 Å². The number of halogens is 2. The normalized spacial score (nSPS) is 30.0. The van der Waals surface area contributed by atoms with Crippen LogP contribution in [0.4, 0.5) is 4.39 Å². The number of aromatic nitrogens is 2. The predicted octanol–water partition coefficient (Wildman–Crippen LogP) is 3.51. The quantitative estimate of drug-likeness (QED) is 0.730. The van der Waals surface area contributed by atoms with Gasteiger partial charge in [-0.15, -0.1) is 22.0 Å². The fraction of sp³-hybridized carbons (Fsp3) is 0.421. The van der Waals surface area contributed by atoms with Gasteiger partial charge in [0.05, 0.1) is 21.4 Å². The SMILES string of the molecule is CC1(C)C(N)=N[C@](C)(C2SC(c3nnc(-c4ccc(Cl)cc4)o3)=CC2F)CS1(=O)=O. The van der Waals surface area contributed by atoms with Crippen molar-refractivity contribution < 1.29 is 17.2 Å². The summed E-state index contributed by atoms with van der Waals surface area (Å²) in [5.74, 6) is 0.125. The number of hydrogen-bond donors (Lipinski definition) is 1. The van der Waals surface area contributed by atoms with E-state index in [0.29, 0.717) is 15.5 Å². The molecule has 0 amide bonds. The third kappa shape index (κ3) is 3.44. The molecular formula is C19H20ClFN4O3S2. The first kappa shape index (κ1) is 21.3. The van der Waals surface area contributed by atoms with Crippen LogP contribution in [-0.4, -0.2) is 51.9 Å². The van der Waals surface area contributed by atoms with Gasteiger partial charge in [0.1, 0.15) is 16.8 Å². The second-order valence-electron chi connectivity index (χ2n) is 8.06. The smallest absolute Gasteiger partial charge is 0.254 e. The van der Waals surface area contributed by atoms with Crippen molar-refractivity contribution in [3.63, 3.8) is 0 Å². The maximum absolute atomic E-state index is 15.0. The largest absolute Gasteiger partial charge is 0.416 e. The van der Waals surface area contributed by atoms with Gasteiger partial charge >= 0.3 is 0 Å². The average Bonchev–Trinajstić information content (AvgIpc) is 3.27. The first-order chi connectivity index (χ1) is 13.9. The highest BCUT2D eigenvalue weighted by Gasteiger charge is 2.54. The number of allylic oxidation sites excluding steroid dienone is 1. The van der Waals surface area contributed by atoms with Gasteiger partial charge in [0, 0.05) is 10.6 Å². The van der Waals surface area contributed by atoms with Crippen molar-refractivity contribution in [3.05, 3.63) is 41.3 Å². The summed E-state index contributed by atoms with van der Waals surface area (Å²) in [6, 6.07) is 6.88. The molecule has 30 heavy (non-hydrogen) atoms. The molecule has 2 aliphatic heterocycles. The molecule has 0 aliphatic carbocycles. The second-order valence-corrected chi connectivity index (χ2v) is 12.2. The number of nitrogens with two attached hydrogens (primary N) is 1. The summed E-state index contributed by atoms with van der Waals surface area (Å²) < 4.78 is 45.0. The van der Waals surface area contributed by atoms with Crippen LogP contribution >= 0.6 is 23.4 Å². The molecule has 2 aromatic rings. The van der Waals surface area contributed by atoms with Crippen molar-refractivity contribution in [2.45, 2.75) is 42.5 Å². The lowest BCUT2D eigenvalue weighted by molar-refractivity contribution is 0.326. The van der Waals surface area contributed by atoms with Crippen molar-refractivity contribution in [3.8, 4) is 11.5 Å². The summed E-state index contributed by atoms with van der Waals surface area (Å²) in [5.41, 5.74) is 5.43. The minimum absolute atomic E-state index is 0.0136. The van der Waals surface area contributed by atoms with Gasteiger partial charge in [-0.25, -0.2) is 12.8 Å². The average molecular weight is 471 g/mol. The Morgan fingerprint density at radius 1 is 1.20 bits per heavy atom. The molecule has 2 aliphatic rings. The molecule has 2 N–H and O–H groups in total. The molecule has 0 bridgehead atoms. The molecule has 3 heterocycles. The van der Waals surface area contributed by atoms with E-state index >= 15 is 0 Å². The van der Waals surface area contributed by atoms with Gasteiger partial charge in [0.25, 0.3) is 5.89 Å². The van der Waals surface area contributed by atoms with E-state index in [0.717, 1.165) is 11.8 Å². The first-order valence-electron chi connectivity index (χ1n) is 9.13. The fourth-order valence-electron chi connectivity index (χ4n) is 3.41. The molecule has 1 aromatic carbocycles. The number of hydrogen-bond acceptors (Lipinski definition) is 8. The number of amidine groups is 1.